The minimum atomic E-state index is 0.807. The zero-order valence-electron chi connectivity index (χ0n) is 9.59. The molecule has 0 aromatic heterocycles. The quantitative estimate of drug-likeness (QED) is 0.673. The molecule has 0 unspecified atom stereocenters. The van der Waals surface area contributed by atoms with Gasteiger partial charge in [0.2, 0.25) is 0 Å². The van der Waals surface area contributed by atoms with E-state index in [0.717, 1.165) is 21.0 Å². The van der Waals surface area contributed by atoms with Crippen molar-refractivity contribution in [1.29, 1.82) is 0 Å². The molecule has 0 fully saturated rings. The van der Waals surface area contributed by atoms with Crippen molar-refractivity contribution >= 4 is 80.7 Å². The van der Waals surface area contributed by atoms with Gasteiger partial charge in [-0.1, -0.05) is 0 Å². The van der Waals surface area contributed by atoms with E-state index in [1.807, 2.05) is 0 Å². The number of benzene rings is 2. The molecular formula is C12H10Na2Se2. The Hall–Kier alpha value is 1.48. The fourth-order valence-electron chi connectivity index (χ4n) is 1.11. The summed E-state index contributed by atoms with van der Waals surface area (Å²) in [5, 5.41) is 0. The van der Waals surface area contributed by atoms with Gasteiger partial charge in [-0.05, 0) is 0 Å². The Morgan fingerprint density at radius 2 is 0.875 bits per heavy atom. The topological polar surface area (TPSA) is 0 Å². The normalized spacial score (nSPS) is 9.25. The van der Waals surface area contributed by atoms with Crippen LogP contribution in [-0.2, 0) is 0 Å². The van der Waals surface area contributed by atoms with E-state index >= 15 is 0 Å². The Balaban J connectivity index is 0.000000160. The van der Waals surface area contributed by atoms with Gasteiger partial charge in [0, 0.05) is 0 Å². The molecule has 0 saturated heterocycles. The van der Waals surface area contributed by atoms with Gasteiger partial charge in [0.25, 0.3) is 0 Å². The molecule has 0 amide bonds. The van der Waals surface area contributed by atoms with Crippen LogP contribution < -0.4 is 8.92 Å². The van der Waals surface area contributed by atoms with Crippen LogP contribution in [0.5, 0.6) is 0 Å². The molecule has 72 valence electrons. The second kappa shape index (κ2) is 10.4. The van der Waals surface area contributed by atoms with Gasteiger partial charge >= 0.3 is 141 Å². The number of hydrogen-bond acceptors (Lipinski definition) is 0. The van der Waals surface area contributed by atoms with E-state index in [4.69, 9.17) is 0 Å². The molecule has 0 atom stereocenters. The fraction of sp³-hybridized carbons (Fsp3) is 0. The molecule has 0 bridgehead atoms. The van der Waals surface area contributed by atoms with Crippen LogP contribution in [-0.4, -0.2) is 71.8 Å². The first-order valence-corrected chi connectivity index (χ1v) is 18.7. The number of hydrogen-bond donors (Lipinski definition) is 0. The van der Waals surface area contributed by atoms with Crippen molar-refractivity contribution < 1.29 is 0 Å². The first kappa shape index (κ1) is 15.5. The van der Waals surface area contributed by atoms with Crippen LogP contribution in [0.3, 0.4) is 0 Å². The Labute approximate surface area is 139 Å². The summed E-state index contributed by atoms with van der Waals surface area (Å²) < 4.78 is 3.07. The summed E-state index contributed by atoms with van der Waals surface area (Å²) in [5.74, 6) is 0. The van der Waals surface area contributed by atoms with Gasteiger partial charge in [-0.2, -0.15) is 0 Å². The SMILES string of the molecule is [Na][Se]c1ccccc1.[Na][Se]c1ccccc1. The predicted molar refractivity (Wildman–Crippen MR) is 75.2 cm³/mol. The molecule has 0 aliphatic carbocycles. The van der Waals surface area contributed by atoms with E-state index in [2.05, 4.69) is 60.7 Å². The minimum absolute atomic E-state index is 0.807. The molecule has 4 heteroatoms. The van der Waals surface area contributed by atoms with Crippen LogP contribution in [0.25, 0.3) is 0 Å². The molecule has 0 heterocycles. The van der Waals surface area contributed by atoms with Crippen molar-refractivity contribution in [1.82, 2.24) is 0 Å². The van der Waals surface area contributed by atoms with Gasteiger partial charge in [0.05, 0.1) is 0 Å². The van der Waals surface area contributed by atoms with Crippen molar-refractivity contribution in [2.45, 2.75) is 0 Å². The van der Waals surface area contributed by atoms with Crippen LogP contribution in [0, 0.1) is 0 Å². The molecular weight excluding hydrogens is 348 g/mol. The van der Waals surface area contributed by atoms with Crippen LogP contribution in [0.4, 0.5) is 0 Å². The van der Waals surface area contributed by atoms with Crippen LogP contribution in [0.2, 0.25) is 0 Å². The molecule has 2 rings (SSSR count). The van der Waals surface area contributed by atoms with Crippen molar-refractivity contribution in [3.63, 3.8) is 0 Å². The maximum atomic E-state index is 2.20. The monoisotopic (exact) mass is 360 g/mol. The molecule has 0 nitrogen and oxygen atoms in total. The molecule has 0 saturated carbocycles. The third kappa shape index (κ3) is 7.03. The molecule has 0 aliphatic heterocycles. The zero-order valence-corrected chi connectivity index (χ0v) is 17.0. The Morgan fingerprint density at radius 3 is 1.06 bits per heavy atom. The molecule has 2 aromatic rings. The van der Waals surface area contributed by atoms with E-state index < -0.39 is 0 Å². The van der Waals surface area contributed by atoms with Gasteiger partial charge in [-0.15, -0.1) is 0 Å². The van der Waals surface area contributed by atoms with Crippen molar-refractivity contribution in [3.05, 3.63) is 60.7 Å². The molecule has 0 spiro atoms. The number of rotatable bonds is 2. The van der Waals surface area contributed by atoms with E-state index in [1.54, 1.807) is 0 Å². The maximum absolute atomic E-state index is 2.20. The first-order valence-electron chi connectivity index (χ1n) is 5.05. The van der Waals surface area contributed by atoms with Gasteiger partial charge in [-0.3, -0.25) is 0 Å². The van der Waals surface area contributed by atoms with Gasteiger partial charge in [0.1, 0.15) is 0 Å². The fourth-order valence-corrected chi connectivity index (χ4v) is 5.74. The predicted octanol–water partition coefficient (Wildman–Crippen LogP) is 0.199. The summed E-state index contributed by atoms with van der Waals surface area (Å²) in [4.78, 5) is 0. The molecule has 0 N–H and O–H groups in total. The standard InChI is InChI=1S/2C6H6Se.2Na/c2*7-6-4-2-1-3-5-6;;/h2*1-5,7H;;/q;;2*+1/p-2. The Bertz CT molecular complexity index is 339. The van der Waals surface area contributed by atoms with Gasteiger partial charge in [-0.25, -0.2) is 0 Å². The second-order valence-electron chi connectivity index (χ2n) is 3.03. The molecule has 16 heavy (non-hydrogen) atoms. The van der Waals surface area contributed by atoms with Crippen molar-refractivity contribution in [2.24, 2.45) is 0 Å². The summed E-state index contributed by atoms with van der Waals surface area (Å²) in [7, 11) is 1.61. The average molecular weight is 358 g/mol. The first-order chi connectivity index (χ1) is 7.86. The third-order valence-electron chi connectivity index (χ3n) is 1.96. The zero-order chi connectivity index (χ0) is 11.6. The molecule has 0 aliphatic rings. The Morgan fingerprint density at radius 1 is 0.562 bits per heavy atom. The van der Waals surface area contributed by atoms with Crippen LogP contribution in [0.15, 0.2) is 60.7 Å². The third-order valence-corrected chi connectivity index (χ3v) is 9.98. The second-order valence-corrected chi connectivity index (χ2v) is 11.0. The summed E-state index contributed by atoms with van der Waals surface area (Å²) in [6, 6.07) is 21.4. The average Bonchev–Trinajstić information content (AvgIpc) is 2.41. The summed E-state index contributed by atoms with van der Waals surface area (Å²) >= 11 is 2.68. The summed E-state index contributed by atoms with van der Waals surface area (Å²) in [6.07, 6.45) is 0. The van der Waals surface area contributed by atoms with E-state index in [9.17, 15) is 0 Å². The summed E-state index contributed by atoms with van der Waals surface area (Å²) in [6.45, 7) is 0. The van der Waals surface area contributed by atoms with Crippen molar-refractivity contribution in [2.75, 3.05) is 0 Å². The molecule has 0 radical (unpaired) electrons. The van der Waals surface area contributed by atoms with E-state index in [0.29, 0.717) is 0 Å². The van der Waals surface area contributed by atoms with Crippen LogP contribution in [0.1, 0.15) is 0 Å². The summed E-state index contributed by atoms with van der Waals surface area (Å²) in [5.41, 5.74) is 0. The van der Waals surface area contributed by atoms with E-state index in [-0.39, 0.29) is 0 Å². The van der Waals surface area contributed by atoms with Gasteiger partial charge in [0.15, 0.2) is 0 Å². The van der Waals surface area contributed by atoms with Crippen molar-refractivity contribution in [3.8, 4) is 0 Å². The van der Waals surface area contributed by atoms with Gasteiger partial charge < -0.3 is 0 Å². The van der Waals surface area contributed by atoms with E-state index in [1.165, 1.54) is 59.7 Å². The molecule has 2 aromatic carbocycles. The Kier molecular flexibility index (Phi) is 10.1. The van der Waals surface area contributed by atoms with Crippen LogP contribution >= 0.6 is 0 Å².